The summed E-state index contributed by atoms with van der Waals surface area (Å²) in [6.45, 7) is 5.27. The van der Waals surface area contributed by atoms with Crippen molar-refractivity contribution < 1.29 is 9.53 Å². The van der Waals surface area contributed by atoms with Crippen molar-refractivity contribution in [3.63, 3.8) is 0 Å². The van der Waals surface area contributed by atoms with Gasteiger partial charge in [0.2, 0.25) is 0 Å². The van der Waals surface area contributed by atoms with Crippen LogP contribution in [0.5, 0.6) is 0 Å². The number of ether oxygens (including phenoxy) is 1. The van der Waals surface area contributed by atoms with E-state index in [1.165, 1.54) is 0 Å². The molecule has 0 spiro atoms. The van der Waals surface area contributed by atoms with Gasteiger partial charge in [-0.15, -0.1) is 0 Å². The van der Waals surface area contributed by atoms with Crippen LogP contribution in [-0.2, 0) is 9.53 Å². The lowest BCUT2D eigenvalue weighted by Gasteiger charge is -1.91. The summed E-state index contributed by atoms with van der Waals surface area (Å²) in [6.07, 6.45) is 0. The average Bonchev–Trinajstić information content (AvgIpc) is 1.98. The van der Waals surface area contributed by atoms with Crippen molar-refractivity contribution in [1.29, 1.82) is 0 Å². The van der Waals surface area contributed by atoms with Gasteiger partial charge in [0.05, 0.1) is 0 Å². The Morgan fingerprint density at radius 3 is 2.33 bits per heavy atom. The van der Waals surface area contributed by atoms with Gasteiger partial charge in [-0.25, -0.2) is 4.79 Å². The standard InChI is InChI=1S/C6H7BO2/c1-3-5(7)4(2)9-6(3)8/h2,7H2,1H3. The van der Waals surface area contributed by atoms with E-state index in [1.54, 1.807) is 6.92 Å². The van der Waals surface area contributed by atoms with Gasteiger partial charge >= 0.3 is 5.97 Å². The molecule has 0 radical (unpaired) electrons. The van der Waals surface area contributed by atoms with Crippen LogP contribution in [0.1, 0.15) is 6.92 Å². The minimum absolute atomic E-state index is 0.266. The van der Waals surface area contributed by atoms with Crippen molar-refractivity contribution >= 4 is 13.8 Å². The van der Waals surface area contributed by atoms with Gasteiger partial charge in [-0.1, -0.05) is 6.58 Å². The molecule has 0 aromatic heterocycles. The van der Waals surface area contributed by atoms with Gasteiger partial charge in [0.15, 0.2) is 0 Å². The van der Waals surface area contributed by atoms with Crippen LogP contribution >= 0.6 is 0 Å². The summed E-state index contributed by atoms with van der Waals surface area (Å²) in [5.74, 6) is 0.218. The number of allylic oxidation sites excluding steroid dienone is 1. The second kappa shape index (κ2) is 1.76. The maximum atomic E-state index is 10.7. The molecule has 1 rings (SSSR count). The molecule has 0 bridgehead atoms. The van der Waals surface area contributed by atoms with Crippen LogP contribution in [0.4, 0.5) is 0 Å². The van der Waals surface area contributed by atoms with E-state index in [0.717, 1.165) is 5.47 Å². The van der Waals surface area contributed by atoms with Crippen molar-refractivity contribution in [2.45, 2.75) is 6.92 Å². The minimum atomic E-state index is -0.266. The zero-order valence-electron chi connectivity index (χ0n) is 5.52. The summed E-state index contributed by atoms with van der Waals surface area (Å²) in [4.78, 5) is 10.7. The first-order valence-electron chi connectivity index (χ1n) is 2.72. The van der Waals surface area contributed by atoms with Crippen LogP contribution in [0.15, 0.2) is 23.4 Å². The van der Waals surface area contributed by atoms with E-state index < -0.39 is 0 Å². The molecule has 2 nitrogen and oxygen atoms in total. The molecule has 0 aromatic carbocycles. The third-order valence-corrected chi connectivity index (χ3v) is 1.50. The fourth-order valence-electron chi connectivity index (χ4n) is 0.627. The Kier molecular flexibility index (Phi) is 1.20. The Hall–Kier alpha value is -0.985. The van der Waals surface area contributed by atoms with Crippen LogP contribution in [-0.4, -0.2) is 13.8 Å². The number of esters is 1. The Labute approximate surface area is 54.6 Å². The van der Waals surface area contributed by atoms with Gasteiger partial charge in [-0.3, -0.25) is 0 Å². The summed E-state index contributed by atoms with van der Waals surface area (Å²) in [7, 11) is 1.82. The van der Waals surface area contributed by atoms with E-state index in [1.807, 2.05) is 7.85 Å². The van der Waals surface area contributed by atoms with Crippen LogP contribution in [0.25, 0.3) is 0 Å². The summed E-state index contributed by atoms with van der Waals surface area (Å²) < 4.78 is 4.68. The minimum Gasteiger partial charge on any atom is -0.424 e. The summed E-state index contributed by atoms with van der Waals surface area (Å²) in [6, 6.07) is 0. The van der Waals surface area contributed by atoms with Crippen molar-refractivity contribution in [3.05, 3.63) is 23.4 Å². The molecule has 1 heterocycles. The number of cyclic esters (lactones) is 1. The maximum absolute atomic E-state index is 10.7. The van der Waals surface area contributed by atoms with E-state index in [2.05, 4.69) is 11.3 Å². The van der Waals surface area contributed by atoms with Gasteiger partial charge < -0.3 is 4.74 Å². The quantitative estimate of drug-likeness (QED) is 0.333. The topological polar surface area (TPSA) is 26.3 Å². The van der Waals surface area contributed by atoms with Crippen molar-refractivity contribution in [2.75, 3.05) is 0 Å². The molecule has 1 aliphatic heterocycles. The highest BCUT2D eigenvalue weighted by atomic mass is 16.5. The smallest absolute Gasteiger partial charge is 0.338 e. The third kappa shape index (κ3) is 0.783. The van der Waals surface area contributed by atoms with Crippen LogP contribution in [0.3, 0.4) is 0 Å². The summed E-state index contributed by atoms with van der Waals surface area (Å²) >= 11 is 0. The van der Waals surface area contributed by atoms with Gasteiger partial charge in [-0.05, 0) is 12.4 Å². The lowest BCUT2D eigenvalue weighted by Crippen LogP contribution is -1.93. The Morgan fingerprint density at radius 1 is 1.67 bits per heavy atom. The van der Waals surface area contributed by atoms with Gasteiger partial charge in [0.1, 0.15) is 13.6 Å². The fourth-order valence-corrected chi connectivity index (χ4v) is 0.627. The maximum Gasteiger partial charge on any atom is 0.338 e. The first-order valence-corrected chi connectivity index (χ1v) is 2.72. The molecular weight excluding hydrogens is 115 g/mol. The number of carbonyl (C=O) groups is 1. The largest absolute Gasteiger partial charge is 0.424 e. The van der Waals surface area contributed by atoms with Gasteiger partial charge in [0.25, 0.3) is 0 Å². The molecular formula is C6H7BO2. The number of rotatable bonds is 0. The van der Waals surface area contributed by atoms with Crippen molar-refractivity contribution in [1.82, 2.24) is 0 Å². The van der Waals surface area contributed by atoms with E-state index in [4.69, 9.17) is 0 Å². The molecule has 0 aliphatic carbocycles. The molecule has 1 aliphatic rings. The number of carbonyl (C=O) groups excluding carboxylic acids is 1. The molecule has 0 fully saturated rings. The third-order valence-electron chi connectivity index (χ3n) is 1.50. The van der Waals surface area contributed by atoms with E-state index in [-0.39, 0.29) is 5.97 Å². The molecule has 0 aromatic rings. The number of hydrogen-bond acceptors (Lipinski definition) is 2. The Bertz CT molecular complexity index is 193. The first kappa shape index (κ1) is 6.14. The zero-order valence-corrected chi connectivity index (χ0v) is 5.52. The second-order valence-corrected chi connectivity index (χ2v) is 2.06. The monoisotopic (exact) mass is 122 g/mol. The predicted octanol–water partition coefficient (Wildman–Crippen LogP) is -0.0360. The highest BCUT2D eigenvalue weighted by molar-refractivity contribution is 6.28. The summed E-state index contributed by atoms with van der Waals surface area (Å²) in [5, 5.41) is 0. The molecule has 46 valence electrons. The molecule has 0 N–H and O–H groups in total. The molecule has 0 unspecified atom stereocenters. The predicted molar refractivity (Wildman–Crippen MR) is 36.5 cm³/mol. The molecule has 0 saturated heterocycles. The SMILES string of the molecule is BC1=C(C)C(=O)OC1=C. The lowest BCUT2D eigenvalue weighted by atomic mass is 9.91. The summed E-state index contributed by atoms with van der Waals surface area (Å²) in [5.41, 5.74) is 1.53. The van der Waals surface area contributed by atoms with Crippen LogP contribution in [0.2, 0.25) is 0 Å². The zero-order chi connectivity index (χ0) is 7.02. The molecule has 9 heavy (non-hydrogen) atoms. The molecule has 3 heteroatoms. The normalized spacial score (nSPS) is 18.8. The Morgan fingerprint density at radius 2 is 2.22 bits per heavy atom. The molecule has 0 atom stereocenters. The van der Waals surface area contributed by atoms with E-state index in [0.29, 0.717) is 11.3 Å². The van der Waals surface area contributed by atoms with E-state index >= 15 is 0 Å². The fraction of sp³-hybridized carbons (Fsp3) is 0.167. The van der Waals surface area contributed by atoms with Crippen LogP contribution in [0, 0.1) is 0 Å². The first-order chi connectivity index (χ1) is 4.13. The van der Waals surface area contributed by atoms with E-state index in [9.17, 15) is 4.79 Å². The highest BCUT2D eigenvalue weighted by Crippen LogP contribution is 2.20. The second-order valence-electron chi connectivity index (χ2n) is 2.06. The average molecular weight is 122 g/mol. The molecule has 0 amide bonds. The van der Waals surface area contributed by atoms with Crippen molar-refractivity contribution in [2.24, 2.45) is 0 Å². The Balaban J connectivity index is 3.06. The van der Waals surface area contributed by atoms with Gasteiger partial charge in [-0.2, -0.15) is 0 Å². The molecule has 0 saturated carbocycles. The highest BCUT2D eigenvalue weighted by Gasteiger charge is 2.20. The van der Waals surface area contributed by atoms with Gasteiger partial charge in [0, 0.05) is 5.57 Å². The number of hydrogen-bond donors (Lipinski definition) is 0. The van der Waals surface area contributed by atoms with Crippen molar-refractivity contribution in [3.8, 4) is 0 Å². The lowest BCUT2D eigenvalue weighted by molar-refractivity contribution is -0.133. The van der Waals surface area contributed by atoms with Crippen LogP contribution < -0.4 is 0 Å².